The number of hydrogen-bond donors (Lipinski definition) is 0. The molecule has 50 heavy (non-hydrogen) atoms. The van der Waals surface area contributed by atoms with Crippen molar-refractivity contribution in [2.45, 2.75) is 26.2 Å². The lowest BCUT2D eigenvalue weighted by molar-refractivity contribution is -0.00841. The van der Waals surface area contributed by atoms with Crippen LogP contribution >= 0.6 is 0 Å². The first-order valence-electron chi connectivity index (χ1n) is 17.8. The van der Waals surface area contributed by atoms with E-state index in [1.165, 1.54) is 10.4 Å². The molecule has 0 fully saturated rings. The van der Waals surface area contributed by atoms with Gasteiger partial charge in [0.2, 0.25) is 0 Å². The van der Waals surface area contributed by atoms with Crippen molar-refractivity contribution < 1.29 is 56.8 Å². The lowest BCUT2D eigenvalue weighted by Crippen LogP contribution is -2.69. The first kappa shape index (κ1) is 40.5. The summed E-state index contributed by atoms with van der Waals surface area (Å²) in [5.41, 5.74) is 0. The van der Waals surface area contributed by atoms with Gasteiger partial charge in [0, 0.05) is 0 Å². The van der Waals surface area contributed by atoms with Crippen molar-refractivity contribution in [2.75, 3.05) is 132 Å². The Morgan fingerprint density at radius 3 is 0.780 bits per heavy atom. The predicted octanol–water partition coefficient (Wildman–Crippen LogP) is 2.97. The highest BCUT2D eigenvalue weighted by Crippen LogP contribution is 2.31. The fourth-order valence-corrected chi connectivity index (χ4v) is 14.0. The van der Waals surface area contributed by atoms with E-state index in [-0.39, 0.29) is 0 Å². The molecule has 0 aliphatic carbocycles. The second-order valence-corrected chi connectivity index (χ2v) is 28.0. The van der Waals surface area contributed by atoms with E-state index in [1.54, 1.807) is 0 Å². The van der Waals surface area contributed by atoms with Crippen LogP contribution in [0.3, 0.4) is 0 Å². The number of ether oxygens (including phenoxy) is 12. The Morgan fingerprint density at radius 1 is 0.300 bits per heavy atom. The van der Waals surface area contributed by atoms with Gasteiger partial charge in [-0.15, -0.1) is 0 Å². The minimum atomic E-state index is -2.10. The molecule has 2 aromatic rings. The SMILES string of the molecule is C[Si](C)(c1ccc2c(c1)OCCOCCOCCOCCOCCO2)[Si](C)(C)c1ccc2c(c1)OCCOCCOCCOCCOCCO2. The van der Waals surface area contributed by atoms with E-state index in [9.17, 15) is 0 Å². The zero-order valence-corrected chi connectivity index (χ0v) is 32.5. The second kappa shape index (κ2) is 22.6. The van der Waals surface area contributed by atoms with Crippen molar-refractivity contribution in [2.24, 2.45) is 0 Å². The molecule has 282 valence electrons. The van der Waals surface area contributed by atoms with Gasteiger partial charge in [-0.1, -0.05) is 48.7 Å². The van der Waals surface area contributed by atoms with Crippen molar-refractivity contribution in [3.05, 3.63) is 36.4 Å². The van der Waals surface area contributed by atoms with E-state index in [2.05, 4.69) is 50.5 Å². The maximum absolute atomic E-state index is 6.29. The van der Waals surface area contributed by atoms with Crippen LogP contribution in [-0.2, 0) is 37.9 Å². The van der Waals surface area contributed by atoms with E-state index >= 15 is 0 Å². The molecule has 2 aromatic carbocycles. The molecule has 0 saturated heterocycles. The van der Waals surface area contributed by atoms with E-state index in [0.717, 1.165) is 11.5 Å². The average molecular weight is 739 g/mol. The van der Waals surface area contributed by atoms with E-state index in [1.807, 2.05) is 12.1 Å². The molecule has 2 heterocycles. The first-order valence-corrected chi connectivity index (χ1v) is 24.8. The minimum Gasteiger partial charge on any atom is -0.487 e. The summed E-state index contributed by atoms with van der Waals surface area (Å²) in [5.74, 6) is 2.83. The topological polar surface area (TPSA) is 111 Å². The summed E-state index contributed by atoms with van der Waals surface area (Å²) in [6, 6.07) is 12.8. The number of hydrogen-bond acceptors (Lipinski definition) is 12. The number of benzene rings is 2. The van der Waals surface area contributed by atoms with Gasteiger partial charge in [0.05, 0.1) is 121 Å². The smallest absolute Gasteiger partial charge is 0.161 e. The Balaban J connectivity index is 1.49. The maximum Gasteiger partial charge on any atom is 0.161 e. The normalized spacial score (nSPS) is 20.0. The van der Waals surface area contributed by atoms with Crippen LogP contribution in [0.25, 0.3) is 0 Å². The molecule has 2 aliphatic rings. The highest BCUT2D eigenvalue weighted by molar-refractivity contribution is 7.50. The Kier molecular flexibility index (Phi) is 18.3. The van der Waals surface area contributed by atoms with Gasteiger partial charge in [-0.2, -0.15) is 0 Å². The summed E-state index contributed by atoms with van der Waals surface area (Å²) < 4.78 is 69.9. The largest absolute Gasteiger partial charge is 0.487 e. The van der Waals surface area contributed by atoms with Gasteiger partial charge < -0.3 is 56.8 Å². The third-order valence-corrected chi connectivity index (χ3v) is 26.8. The minimum absolute atomic E-state index is 0.403. The quantitative estimate of drug-likeness (QED) is 0.432. The Morgan fingerprint density at radius 2 is 0.520 bits per heavy atom. The van der Waals surface area contributed by atoms with Gasteiger partial charge in [-0.3, -0.25) is 0 Å². The molecule has 0 amide bonds. The summed E-state index contributed by atoms with van der Waals surface area (Å²) in [6.07, 6.45) is 0. The van der Waals surface area contributed by atoms with Gasteiger partial charge in [0.15, 0.2) is 23.0 Å². The molecule has 0 spiro atoms. The van der Waals surface area contributed by atoms with Crippen LogP contribution in [-0.4, -0.2) is 147 Å². The van der Waals surface area contributed by atoms with Gasteiger partial charge in [-0.05, 0) is 24.3 Å². The monoisotopic (exact) mass is 738 g/mol. The lowest BCUT2D eigenvalue weighted by atomic mass is 10.3. The molecule has 0 atom stereocenters. The molecule has 0 aromatic heterocycles. The molecular formula is C36H58O12Si2. The van der Waals surface area contributed by atoms with Crippen molar-refractivity contribution in [3.63, 3.8) is 0 Å². The zero-order valence-electron chi connectivity index (χ0n) is 30.5. The highest BCUT2D eigenvalue weighted by Gasteiger charge is 2.44. The summed E-state index contributed by atoms with van der Waals surface area (Å²) in [6.45, 7) is 19.4. The molecule has 12 nitrogen and oxygen atoms in total. The molecular weight excluding hydrogens is 681 g/mol. The van der Waals surface area contributed by atoms with Gasteiger partial charge in [0.1, 0.15) is 26.4 Å². The van der Waals surface area contributed by atoms with Crippen LogP contribution in [0, 0.1) is 0 Å². The number of rotatable bonds is 3. The summed E-state index contributed by atoms with van der Waals surface area (Å²) in [5, 5.41) is 2.60. The summed E-state index contributed by atoms with van der Waals surface area (Å²) in [7, 11) is -4.19. The highest BCUT2D eigenvalue weighted by atomic mass is 29.3. The third kappa shape index (κ3) is 13.4. The van der Waals surface area contributed by atoms with Crippen LogP contribution in [0.15, 0.2) is 36.4 Å². The standard InChI is InChI=1S/C36H58O12Si2/c1-49(2,31-5-7-33-35(29-31)47-27-23-43-19-15-39-11-9-37-13-17-41-21-25-45-33)50(3,4)32-6-8-34-36(30-32)48-28-24-44-20-16-40-12-10-38-14-18-42-22-26-46-34/h5-8,29-30H,9-28H2,1-4H3. The molecule has 0 radical (unpaired) electrons. The molecule has 0 unspecified atom stereocenters. The zero-order chi connectivity index (χ0) is 35.3. The first-order chi connectivity index (χ1) is 24.4. The van der Waals surface area contributed by atoms with E-state index < -0.39 is 15.2 Å². The van der Waals surface area contributed by atoms with Crippen LogP contribution in [0.1, 0.15) is 0 Å². The molecule has 2 aliphatic heterocycles. The molecule has 0 bridgehead atoms. The van der Waals surface area contributed by atoms with Gasteiger partial charge >= 0.3 is 0 Å². The second-order valence-electron chi connectivity index (χ2n) is 12.9. The Hall–Kier alpha value is -2.25. The third-order valence-electron chi connectivity index (χ3n) is 9.07. The van der Waals surface area contributed by atoms with Crippen molar-refractivity contribution in [1.29, 1.82) is 0 Å². The van der Waals surface area contributed by atoms with Gasteiger partial charge in [0.25, 0.3) is 0 Å². The Labute approximate surface area is 299 Å². The van der Waals surface area contributed by atoms with Gasteiger partial charge in [-0.25, -0.2) is 0 Å². The van der Waals surface area contributed by atoms with Crippen molar-refractivity contribution >= 4 is 25.6 Å². The molecule has 4 rings (SSSR count). The average Bonchev–Trinajstić information content (AvgIpc) is 3.11. The number of fused-ring (bicyclic) bond motifs is 2. The fourth-order valence-electron chi connectivity index (χ4n) is 5.35. The van der Waals surface area contributed by atoms with E-state index in [4.69, 9.17) is 56.8 Å². The fraction of sp³-hybridized carbons (Fsp3) is 0.667. The van der Waals surface area contributed by atoms with Crippen molar-refractivity contribution in [3.8, 4) is 23.0 Å². The van der Waals surface area contributed by atoms with Crippen LogP contribution in [0.4, 0.5) is 0 Å². The van der Waals surface area contributed by atoms with Crippen LogP contribution < -0.4 is 29.3 Å². The lowest BCUT2D eigenvalue weighted by Gasteiger charge is -2.39. The summed E-state index contributed by atoms with van der Waals surface area (Å²) in [4.78, 5) is 0. The molecule has 0 N–H and O–H groups in total. The summed E-state index contributed by atoms with van der Waals surface area (Å²) >= 11 is 0. The molecule has 0 saturated carbocycles. The van der Waals surface area contributed by atoms with E-state index in [0.29, 0.717) is 144 Å². The Bertz CT molecular complexity index is 1140. The van der Waals surface area contributed by atoms with Crippen LogP contribution in [0.2, 0.25) is 26.2 Å². The predicted molar refractivity (Wildman–Crippen MR) is 196 cm³/mol. The maximum atomic E-state index is 6.29. The van der Waals surface area contributed by atoms with Crippen molar-refractivity contribution in [1.82, 2.24) is 0 Å². The molecule has 14 heteroatoms. The van der Waals surface area contributed by atoms with Crippen LogP contribution in [0.5, 0.6) is 23.0 Å².